The van der Waals surface area contributed by atoms with E-state index in [0.29, 0.717) is 10.1 Å². The summed E-state index contributed by atoms with van der Waals surface area (Å²) < 4.78 is 42.3. The van der Waals surface area contributed by atoms with Crippen LogP contribution in [-0.4, -0.2) is 47.7 Å². The molecule has 0 amide bonds. The lowest BCUT2D eigenvalue weighted by atomic mass is 10.1. The van der Waals surface area contributed by atoms with E-state index in [1.165, 1.54) is 6.07 Å². The van der Waals surface area contributed by atoms with Gasteiger partial charge in [0.2, 0.25) is 6.23 Å². The number of anilines is 1. The molecule has 0 aromatic carbocycles. The molecule has 26 heavy (non-hydrogen) atoms. The monoisotopic (exact) mass is 389 g/mol. The smallest absolute Gasteiger partial charge is 0.351 e. The van der Waals surface area contributed by atoms with Crippen LogP contribution in [0.1, 0.15) is 31.9 Å². The summed E-state index contributed by atoms with van der Waals surface area (Å²) in [7, 11) is -2.43. The van der Waals surface area contributed by atoms with E-state index in [4.69, 9.17) is 14.9 Å². The first-order valence-corrected chi connectivity index (χ1v) is 11.8. The van der Waals surface area contributed by atoms with E-state index in [2.05, 4.69) is 4.98 Å². The molecular formula is C16H25F2N3O4Si. The number of nitrogens with zero attached hydrogens (tertiary/aromatic N) is 2. The molecule has 1 aliphatic carbocycles. The first-order chi connectivity index (χ1) is 12.2. The van der Waals surface area contributed by atoms with Crippen molar-refractivity contribution in [1.29, 1.82) is 0 Å². The van der Waals surface area contributed by atoms with Gasteiger partial charge in [0.15, 0.2) is 8.32 Å². The maximum Gasteiger partial charge on any atom is 0.351 e. The highest BCUT2D eigenvalue weighted by Crippen LogP contribution is 2.47. The molecule has 1 saturated heterocycles. The molecule has 3 unspecified atom stereocenters. The third-order valence-electron chi connectivity index (χ3n) is 5.40. The summed E-state index contributed by atoms with van der Waals surface area (Å²) in [5, 5.41) is 9.56. The number of halogens is 2. The van der Waals surface area contributed by atoms with E-state index < -0.39 is 45.0 Å². The summed E-state index contributed by atoms with van der Waals surface area (Å²) in [6.45, 7) is 3.23. The predicted molar refractivity (Wildman–Crippen MR) is 93.4 cm³/mol. The molecular weight excluding hydrogens is 364 g/mol. The van der Waals surface area contributed by atoms with Crippen LogP contribution >= 0.6 is 0 Å². The molecule has 1 saturated carbocycles. The number of aliphatic hydroxyl groups excluding tert-OH is 1. The molecule has 0 spiro atoms. The zero-order valence-corrected chi connectivity index (χ0v) is 15.9. The van der Waals surface area contributed by atoms with E-state index in [9.17, 15) is 9.90 Å². The largest absolute Gasteiger partial charge is 0.405 e. The van der Waals surface area contributed by atoms with Crippen LogP contribution in [-0.2, 0) is 9.16 Å². The number of alkyl halides is 2. The Morgan fingerprint density at radius 3 is 2.69 bits per heavy atom. The minimum absolute atomic E-state index is 0.0613. The Labute approximate surface area is 151 Å². The van der Waals surface area contributed by atoms with Crippen LogP contribution in [0.3, 0.4) is 0 Å². The van der Waals surface area contributed by atoms with Gasteiger partial charge in [0.25, 0.3) is 0 Å². The van der Waals surface area contributed by atoms with E-state index in [1.807, 2.05) is 13.1 Å². The Balaban J connectivity index is 1.89. The lowest BCUT2D eigenvalue weighted by Gasteiger charge is -2.35. The number of aliphatic hydroxyl groups is 1. The van der Waals surface area contributed by atoms with Crippen molar-refractivity contribution >= 4 is 14.1 Å². The second kappa shape index (κ2) is 6.99. The van der Waals surface area contributed by atoms with Gasteiger partial charge in [-0.2, -0.15) is 13.8 Å². The second-order valence-corrected chi connectivity index (χ2v) is 11.8. The summed E-state index contributed by atoms with van der Waals surface area (Å²) in [4.78, 5) is 15.4. The molecule has 146 valence electrons. The molecule has 10 heteroatoms. The average Bonchev–Trinajstić information content (AvgIpc) is 3.17. The van der Waals surface area contributed by atoms with Crippen LogP contribution in [0.5, 0.6) is 0 Å². The molecule has 0 bridgehead atoms. The Bertz CT molecular complexity index is 709. The zero-order chi connectivity index (χ0) is 19.1. The van der Waals surface area contributed by atoms with Gasteiger partial charge in [-0.1, -0.05) is 25.7 Å². The first kappa shape index (κ1) is 19.4. The van der Waals surface area contributed by atoms with Crippen LogP contribution in [0.4, 0.5) is 14.6 Å². The van der Waals surface area contributed by atoms with Crippen LogP contribution in [0.25, 0.3) is 0 Å². The summed E-state index contributed by atoms with van der Waals surface area (Å²) in [5.74, 6) is -3.55. The zero-order valence-electron chi connectivity index (χ0n) is 14.9. The van der Waals surface area contributed by atoms with Crippen molar-refractivity contribution in [3.63, 3.8) is 0 Å². The van der Waals surface area contributed by atoms with Crippen molar-refractivity contribution in [1.82, 2.24) is 9.55 Å². The number of aromatic nitrogens is 2. The summed E-state index contributed by atoms with van der Waals surface area (Å²) in [6, 6.07) is 1.25. The van der Waals surface area contributed by atoms with Gasteiger partial charge in [-0.25, -0.2) is 4.79 Å². The third kappa shape index (κ3) is 3.42. The highest BCUT2D eigenvalue weighted by molar-refractivity contribution is 6.72. The van der Waals surface area contributed by atoms with Gasteiger partial charge in [0.1, 0.15) is 18.0 Å². The van der Waals surface area contributed by atoms with Crippen molar-refractivity contribution in [2.75, 3.05) is 12.3 Å². The highest BCUT2D eigenvalue weighted by atomic mass is 28.4. The predicted octanol–water partition coefficient (Wildman–Crippen LogP) is 1.88. The van der Waals surface area contributed by atoms with E-state index in [0.717, 1.165) is 31.9 Å². The number of hydrogen-bond donors (Lipinski definition) is 2. The van der Waals surface area contributed by atoms with E-state index in [-0.39, 0.29) is 5.82 Å². The maximum atomic E-state index is 15.1. The minimum Gasteiger partial charge on any atom is -0.405 e. The van der Waals surface area contributed by atoms with E-state index in [1.54, 1.807) is 0 Å². The van der Waals surface area contributed by atoms with Gasteiger partial charge in [0, 0.05) is 6.20 Å². The van der Waals surface area contributed by atoms with Crippen molar-refractivity contribution < 1.29 is 23.1 Å². The lowest BCUT2D eigenvalue weighted by molar-refractivity contribution is -0.138. The fraction of sp³-hybridized carbons (Fsp3) is 0.750. The fourth-order valence-electron chi connectivity index (χ4n) is 3.91. The van der Waals surface area contributed by atoms with Crippen LogP contribution in [0.2, 0.25) is 18.6 Å². The Hall–Kier alpha value is -1.36. The summed E-state index contributed by atoms with van der Waals surface area (Å²) in [5.41, 5.74) is 4.79. The Kier molecular flexibility index (Phi) is 5.21. The minimum atomic E-state index is -3.49. The molecule has 1 aromatic heterocycles. The maximum absolute atomic E-state index is 15.1. The molecule has 1 aromatic rings. The van der Waals surface area contributed by atoms with Gasteiger partial charge in [-0.3, -0.25) is 4.57 Å². The molecule has 3 N–H and O–H groups in total. The van der Waals surface area contributed by atoms with Crippen LogP contribution in [0.15, 0.2) is 17.1 Å². The normalized spacial score (nSPS) is 29.3. The highest BCUT2D eigenvalue weighted by Gasteiger charge is 2.62. The molecule has 2 fully saturated rings. The van der Waals surface area contributed by atoms with Crippen molar-refractivity contribution in [3.8, 4) is 0 Å². The number of nitrogen functional groups attached to an aromatic ring is 1. The summed E-state index contributed by atoms with van der Waals surface area (Å²) in [6.07, 6.45) is 0.538. The fourth-order valence-corrected chi connectivity index (χ4v) is 6.86. The number of rotatable bonds is 5. The van der Waals surface area contributed by atoms with Crippen LogP contribution in [0, 0.1) is 0 Å². The molecule has 0 radical (unpaired) electrons. The van der Waals surface area contributed by atoms with Crippen LogP contribution < -0.4 is 11.4 Å². The molecule has 2 aliphatic rings. The lowest BCUT2D eigenvalue weighted by Crippen LogP contribution is -2.50. The molecule has 2 heterocycles. The number of ether oxygens (including phenoxy) is 1. The van der Waals surface area contributed by atoms with Crippen molar-refractivity contribution in [2.45, 2.75) is 68.7 Å². The van der Waals surface area contributed by atoms with Gasteiger partial charge in [-0.15, -0.1) is 0 Å². The molecule has 1 aliphatic heterocycles. The number of hydrogen-bond acceptors (Lipinski definition) is 6. The quantitative estimate of drug-likeness (QED) is 0.746. The molecule has 7 nitrogen and oxygen atoms in total. The molecule has 3 rings (SSSR count). The molecule has 3 atom stereocenters. The standard InChI is InChI=1S/C16H25F2N3O4Si/c1-26(2,10-5-3-4-6-10)25-13-11(9-22)24-14(16(13,17)18)21-8-7-12(19)20-15(21)23/h7-8,10-11,13-14,22H,3-6,9H2,1-2H3,(H2,19,20,23). The van der Waals surface area contributed by atoms with Gasteiger partial charge < -0.3 is 20.0 Å². The van der Waals surface area contributed by atoms with E-state index >= 15 is 8.78 Å². The van der Waals surface area contributed by atoms with Crippen molar-refractivity contribution in [3.05, 3.63) is 22.7 Å². The van der Waals surface area contributed by atoms with Crippen molar-refractivity contribution in [2.24, 2.45) is 0 Å². The van der Waals surface area contributed by atoms with Gasteiger partial charge >= 0.3 is 11.6 Å². The topological polar surface area (TPSA) is 99.6 Å². The van der Waals surface area contributed by atoms with Gasteiger partial charge in [0.05, 0.1) is 6.61 Å². The second-order valence-electron chi connectivity index (χ2n) is 7.55. The summed E-state index contributed by atoms with van der Waals surface area (Å²) >= 11 is 0. The SMILES string of the molecule is C[Si](C)(OC1C(CO)OC(n2ccc(N)nc2=O)C1(F)F)C1CCCC1. The first-order valence-electron chi connectivity index (χ1n) is 8.83. The average molecular weight is 389 g/mol. The Morgan fingerprint density at radius 2 is 2.12 bits per heavy atom. The Morgan fingerprint density at radius 1 is 1.46 bits per heavy atom. The third-order valence-corrected chi connectivity index (χ3v) is 8.81. The number of nitrogens with two attached hydrogens (primary N) is 1. The van der Waals surface area contributed by atoms with Gasteiger partial charge in [-0.05, 0) is 24.7 Å².